The number of thiocarbonyl (C=S) groups is 1. The van der Waals surface area contributed by atoms with Crippen molar-refractivity contribution in [1.82, 2.24) is 15.1 Å². The third-order valence-corrected chi connectivity index (χ3v) is 4.03. The zero-order valence-electron chi connectivity index (χ0n) is 12.4. The molecule has 1 aromatic carbocycles. The van der Waals surface area contributed by atoms with E-state index in [2.05, 4.69) is 29.6 Å². The fourth-order valence-electron chi connectivity index (χ4n) is 1.82. The van der Waals surface area contributed by atoms with Gasteiger partial charge < -0.3 is 10.6 Å². The molecule has 1 aromatic heterocycles. The number of hydrogen-bond acceptors (Lipinski definition) is 2. The number of benzene rings is 1. The Morgan fingerprint density at radius 3 is 2.82 bits per heavy atom. The summed E-state index contributed by atoms with van der Waals surface area (Å²) in [5, 5.41) is 12.5. The molecule has 0 aliphatic carbocycles. The van der Waals surface area contributed by atoms with E-state index in [-0.39, 0.29) is 0 Å². The Labute approximate surface area is 145 Å². The highest BCUT2D eigenvalue weighted by atomic mass is 35.5. The molecule has 0 saturated heterocycles. The minimum atomic E-state index is 0.329. The Balaban J connectivity index is 1.98. The van der Waals surface area contributed by atoms with E-state index in [1.807, 2.05) is 24.4 Å². The van der Waals surface area contributed by atoms with Gasteiger partial charge in [-0.2, -0.15) is 5.10 Å². The van der Waals surface area contributed by atoms with Gasteiger partial charge in [0.05, 0.1) is 6.54 Å². The second kappa shape index (κ2) is 7.81. The summed E-state index contributed by atoms with van der Waals surface area (Å²) < 4.78 is 1.79. The molecule has 2 aromatic rings. The maximum atomic E-state index is 6.17. The monoisotopic (exact) mass is 356 g/mol. The molecule has 7 heteroatoms. The Bertz CT molecular complexity index is 657. The van der Waals surface area contributed by atoms with Crippen LogP contribution in [0.2, 0.25) is 10.0 Å². The normalized spacial score (nSPS) is 12.0. The smallest absolute Gasteiger partial charge is 0.172 e. The van der Waals surface area contributed by atoms with Crippen LogP contribution in [-0.2, 0) is 6.54 Å². The van der Waals surface area contributed by atoms with Gasteiger partial charge in [0.1, 0.15) is 0 Å². The first-order chi connectivity index (χ1) is 10.5. The van der Waals surface area contributed by atoms with Crippen LogP contribution in [0.4, 0.5) is 5.82 Å². The van der Waals surface area contributed by atoms with Crippen LogP contribution in [0.5, 0.6) is 0 Å². The highest BCUT2D eigenvalue weighted by Crippen LogP contribution is 2.21. The maximum Gasteiger partial charge on any atom is 0.172 e. The van der Waals surface area contributed by atoms with Crippen molar-refractivity contribution in [2.75, 3.05) is 5.32 Å². The largest absolute Gasteiger partial charge is 0.360 e. The van der Waals surface area contributed by atoms with Crippen molar-refractivity contribution in [3.63, 3.8) is 0 Å². The second-order valence-electron chi connectivity index (χ2n) is 5.04. The van der Waals surface area contributed by atoms with Crippen molar-refractivity contribution in [3.05, 3.63) is 46.1 Å². The molecular formula is C15H18Cl2N4S. The van der Waals surface area contributed by atoms with E-state index in [1.54, 1.807) is 10.7 Å². The van der Waals surface area contributed by atoms with E-state index >= 15 is 0 Å². The lowest BCUT2D eigenvalue weighted by atomic mass is 10.2. The summed E-state index contributed by atoms with van der Waals surface area (Å²) >= 11 is 17.3. The van der Waals surface area contributed by atoms with Crippen LogP contribution in [0.3, 0.4) is 0 Å². The highest BCUT2D eigenvalue weighted by molar-refractivity contribution is 7.80. The molecule has 0 radical (unpaired) electrons. The fourth-order valence-corrected chi connectivity index (χ4v) is 2.59. The third kappa shape index (κ3) is 4.87. The van der Waals surface area contributed by atoms with Gasteiger partial charge in [-0.15, -0.1) is 0 Å². The number of hydrogen-bond donors (Lipinski definition) is 2. The van der Waals surface area contributed by atoms with Gasteiger partial charge in [-0.3, -0.25) is 4.68 Å². The van der Waals surface area contributed by atoms with Crippen LogP contribution in [-0.4, -0.2) is 20.9 Å². The summed E-state index contributed by atoms with van der Waals surface area (Å²) in [4.78, 5) is 0. The van der Waals surface area contributed by atoms with Crippen molar-refractivity contribution in [1.29, 1.82) is 0 Å². The van der Waals surface area contributed by atoms with Crippen LogP contribution >= 0.6 is 35.4 Å². The van der Waals surface area contributed by atoms with E-state index in [0.29, 0.717) is 33.6 Å². The average Bonchev–Trinajstić information content (AvgIpc) is 2.88. The average molecular weight is 357 g/mol. The molecule has 1 atom stereocenters. The highest BCUT2D eigenvalue weighted by Gasteiger charge is 2.06. The van der Waals surface area contributed by atoms with Crippen molar-refractivity contribution < 1.29 is 0 Å². The van der Waals surface area contributed by atoms with Gasteiger partial charge >= 0.3 is 0 Å². The second-order valence-corrected chi connectivity index (χ2v) is 6.29. The minimum Gasteiger partial charge on any atom is -0.360 e. The predicted molar refractivity (Wildman–Crippen MR) is 96.9 cm³/mol. The summed E-state index contributed by atoms with van der Waals surface area (Å²) in [6, 6.07) is 7.64. The van der Waals surface area contributed by atoms with Crippen LogP contribution in [0, 0.1) is 0 Å². The Morgan fingerprint density at radius 1 is 1.36 bits per heavy atom. The summed E-state index contributed by atoms with van der Waals surface area (Å²) in [5.74, 6) is 0.700. The summed E-state index contributed by atoms with van der Waals surface area (Å²) in [5.41, 5.74) is 0.959. The zero-order chi connectivity index (χ0) is 16.1. The van der Waals surface area contributed by atoms with Crippen LogP contribution in [0.15, 0.2) is 30.5 Å². The number of rotatable bonds is 5. The van der Waals surface area contributed by atoms with E-state index < -0.39 is 0 Å². The number of nitrogens with one attached hydrogen (secondary N) is 2. The first kappa shape index (κ1) is 17.1. The lowest BCUT2D eigenvalue weighted by molar-refractivity contribution is 0.645. The molecule has 0 aliphatic rings. The number of aromatic nitrogens is 2. The third-order valence-electron chi connectivity index (χ3n) is 3.22. The van der Waals surface area contributed by atoms with Gasteiger partial charge in [-0.05, 0) is 43.3 Å². The van der Waals surface area contributed by atoms with Gasteiger partial charge in [0.2, 0.25) is 0 Å². The van der Waals surface area contributed by atoms with E-state index in [9.17, 15) is 0 Å². The van der Waals surface area contributed by atoms with Crippen molar-refractivity contribution >= 4 is 46.4 Å². The number of anilines is 1. The summed E-state index contributed by atoms with van der Waals surface area (Å²) in [6.07, 6.45) is 2.88. The van der Waals surface area contributed by atoms with Gasteiger partial charge in [-0.1, -0.05) is 36.2 Å². The molecule has 0 saturated carbocycles. The standard InChI is InChI=1S/C15H18Cl2N4S/c1-3-10(2)18-15(22)19-14-6-7-21(20-14)9-11-4-5-12(16)8-13(11)17/h4-8,10H,3,9H2,1-2H3,(H2,18,19,20,22). The molecule has 22 heavy (non-hydrogen) atoms. The van der Waals surface area contributed by atoms with Crippen LogP contribution in [0.1, 0.15) is 25.8 Å². The molecule has 1 heterocycles. The van der Waals surface area contributed by atoms with Crippen LogP contribution in [0.25, 0.3) is 0 Å². The maximum absolute atomic E-state index is 6.17. The molecule has 0 amide bonds. The molecule has 1 unspecified atom stereocenters. The first-order valence-corrected chi connectivity index (χ1v) is 8.19. The topological polar surface area (TPSA) is 41.9 Å². The van der Waals surface area contributed by atoms with E-state index in [0.717, 1.165) is 12.0 Å². The first-order valence-electron chi connectivity index (χ1n) is 7.03. The lowest BCUT2D eigenvalue weighted by Crippen LogP contribution is -2.35. The molecule has 0 spiro atoms. The molecule has 0 bridgehead atoms. The fraction of sp³-hybridized carbons (Fsp3) is 0.333. The lowest BCUT2D eigenvalue weighted by Gasteiger charge is -2.13. The van der Waals surface area contributed by atoms with Gasteiger partial charge in [0.15, 0.2) is 10.9 Å². The SMILES string of the molecule is CCC(C)NC(=S)Nc1ccn(Cc2ccc(Cl)cc2Cl)n1. The minimum absolute atomic E-state index is 0.329. The number of halogens is 2. The van der Waals surface area contributed by atoms with Crippen molar-refractivity contribution in [2.45, 2.75) is 32.9 Å². The molecule has 2 rings (SSSR count). The molecule has 2 N–H and O–H groups in total. The molecule has 4 nitrogen and oxygen atoms in total. The molecule has 0 fully saturated rings. The summed E-state index contributed by atoms with van der Waals surface area (Å²) in [6.45, 7) is 4.75. The van der Waals surface area contributed by atoms with Crippen molar-refractivity contribution in [2.24, 2.45) is 0 Å². The Morgan fingerprint density at radius 2 is 2.14 bits per heavy atom. The van der Waals surface area contributed by atoms with Crippen molar-refractivity contribution in [3.8, 4) is 0 Å². The molecule has 118 valence electrons. The van der Waals surface area contributed by atoms with E-state index in [4.69, 9.17) is 35.4 Å². The predicted octanol–water partition coefficient (Wildman–Crippen LogP) is 4.32. The van der Waals surface area contributed by atoms with Gasteiger partial charge in [0.25, 0.3) is 0 Å². The molecular weight excluding hydrogens is 339 g/mol. The van der Waals surface area contributed by atoms with E-state index in [1.165, 1.54) is 0 Å². The van der Waals surface area contributed by atoms with Gasteiger partial charge in [0, 0.05) is 28.4 Å². The quantitative estimate of drug-likeness (QED) is 0.782. The Kier molecular flexibility index (Phi) is 6.06. The summed E-state index contributed by atoms with van der Waals surface area (Å²) in [7, 11) is 0. The van der Waals surface area contributed by atoms with Crippen LogP contribution < -0.4 is 10.6 Å². The van der Waals surface area contributed by atoms with Gasteiger partial charge in [-0.25, -0.2) is 0 Å². The Hall–Kier alpha value is -1.30. The number of nitrogens with zero attached hydrogens (tertiary/aromatic N) is 2. The molecule has 0 aliphatic heterocycles. The zero-order valence-corrected chi connectivity index (χ0v) is 14.8.